The minimum absolute atomic E-state index is 0.0375. The second-order valence-corrected chi connectivity index (χ2v) is 6.20. The Bertz CT molecular complexity index is 648. The van der Waals surface area contributed by atoms with Crippen molar-refractivity contribution in [1.82, 2.24) is 5.06 Å². The van der Waals surface area contributed by atoms with Gasteiger partial charge in [-0.25, -0.2) is 4.79 Å². The Balaban J connectivity index is 2.08. The maximum absolute atomic E-state index is 12.8. The van der Waals surface area contributed by atoms with E-state index in [1.165, 1.54) is 13.0 Å². The molecule has 0 radical (unpaired) electrons. The minimum atomic E-state index is -5.14. The molecular weight excluding hydrogens is 424 g/mol. The Labute approximate surface area is 146 Å². The number of benzene rings is 1. The largest absolute Gasteiger partial charge is 0.492 e. The topological polar surface area (TPSA) is 38.8 Å². The lowest BCUT2D eigenvalue weighted by atomic mass is 10.2. The van der Waals surface area contributed by atoms with E-state index in [-0.39, 0.29) is 23.2 Å². The summed E-state index contributed by atoms with van der Waals surface area (Å²) < 4.78 is 80.8. The lowest BCUT2D eigenvalue weighted by Crippen LogP contribution is -2.40. The predicted molar refractivity (Wildman–Crippen MR) is 76.5 cm³/mol. The summed E-state index contributed by atoms with van der Waals surface area (Å²) in [6, 6.07) is 2.06. The summed E-state index contributed by atoms with van der Waals surface area (Å²) in [5, 5.41) is 0.808. The molecule has 140 valence electrons. The monoisotopic (exact) mass is 435 g/mol. The summed E-state index contributed by atoms with van der Waals surface area (Å²) in [4.78, 5) is 15.1. The van der Waals surface area contributed by atoms with E-state index in [9.17, 15) is 31.1 Å². The average molecular weight is 436 g/mol. The van der Waals surface area contributed by atoms with E-state index in [2.05, 4.69) is 20.8 Å². The van der Waals surface area contributed by atoms with Crippen molar-refractivity contribution in [1.29, 1.82) is 0 Å². The quantitative estimate of drug-likeness (QED) is 0.662. The molecule has 0 saturated carbocycles. The van der Waals surface area contributed by atoms with Crippen LogP contribution in [0.5, 0.6) is 5.75 Å². The van der Waals surface area contributed by atoms with Crippen LogP contribution in [-0.2, 0) is 15.8 Å². The number of carbonyl (C=O) groups is 1. The van der Waals surface area contributed by atoms with Gasteiger partial charge in [0.15, 0.2) is 0 Å². The molecule has 2 rings (SSSR count). The van der Waals surface area contributed by atoms with E-state index in [4.69, 9.17) is 4.74 Å². The third-order valence-corrected chi connectivity index (χ3v) is 4.25. The molecular formula is C14H12BrF6NO3. The molecule has 0 amide bonds. The van der Waals surface area contributed by atoms with Gasteiger partial charge in [-0.3, -0.25) is 0 Å². The summed E-state index contributed by atoms with van der Waals surface area (Å²) in [5.74, 6) is -2.46. The summed E-state index contributed by atoms with van der Waals surface area (Å²) in [6.07, 6.45) is -10.3. The Hall–Kier alpha value is -1.49. The van der Waals surface area contributed by atoms with Gasteiger partial charge in [-0.1, -0.05) is 0 Å². The number of hydroxylamine groups is 2. The van der Waals surface area contributed by atoms with Crippen LogP contribution < -0.4 is 4.74 Å². The second-order valence-electron chi connectivity index (χ2n) is 5.35. The molecule has 0 bridgehead atoms. The maximum atomic E-state index is 12.8. The number of alkyl halides is 6. The van der Waals surface area contributed by atoms with Gasteiger partial charge in [-0.15, -0.1) is 5.06 Å². The molecule has 0 aromatic heterocycles. The van der Waals surface area contributed by atoms with Gasteiger partial charge < -0.3 is 9.57 Å². The zero-order valence-corrected chi connectivity index (χ0v) is 14.2. The highest BCUT2D eigenvalue weighted by molar-refractivity contribution is 9.10. The van der Waals surface area contributed by atoms with Gasteiger partial charge >= 0.3 is 18.3 Å². The normalized spacial score (nSPS) is 22.1. The number of halogens is 7. The first kappa shape index (κ1) is 19.8. The summed E-state index contributed by atoms with van der Waals surface area (Å²) in [5.41, 5.74) is -0.920. The van der Waals surface area contributed by atoms with Crippen LogP contribution in [0.2, 0.25) is 0 Å². The number of ether oxygens (including phenoxy) is 1. The molecule has 1 heterocycles. The van der Waals surface area contributed by atoms with Crippen LogP contribution >= 0.6 is 15.9 Å². The molecule has 1 fully saturated rings. The maximum Gasteiger partial charge on any atom is 0.492 e. The highest BCUT2D eigenvalue weighted by Crippen LogP contribution is 2.36. The van der Waals surface area contributed by atoms with Crippen LogP contribution in [0.15, 0.2) is 22.7 Å². The van der Waals surface area contributed by atoms with Gasteiger partial charge in [0.1, 0.15) is 11.9 Å². The van der Waals surface area contributed by atoms with E-state index in [0.717, 1.165) is 17.2 Å². The fourth-order valence-corrected chi connectivity index (χ4v) is 2.60. The van der Waals surface area contributed by atoms with Crippen molar-refractivity contribution < 1.29 is 40.7 Å². The SMILES string of the molecule is C[C@@H]1[C@@H](Oc2cc(C(F)(F)F)ccc2Br)CCN1OC(=O)C(F)(F)F. The molecule has 1 aromatic rings. The molecule has 1 aliphatic heterocycles. The zero-order valence-electron chi connectivity index (χ0n) is 12.6. The van der Waals surface area contributed by atoms with Crippen LogP contribution in [-0.4, -0.2) is 35.9 Å². The van der Waals surface area contributed by atoms with Gasteiger partial charge in [0.25, 0.3) is 0 Å². The Morgan fingerprint density at radius 3 is 2.44 bits per heavy atom. The Morgan fingerprint density at radius 1 is 1.24 bits per heavy atom. The molecule has 1 saturated heterocycles. The predicted octanol–water partition coefficient (Wildman–Crippen LogP) is 4.33. The molecule has 0 aliphatic carbocycles. The molecule has 2 atom stereocenters. The first-order valence-corrected chi connectivity index (χ1v) is 7.78. The van der Waals surface area contributed by atoms with E-state index < -0.39 is 36.0 Å². The Morgan fingerprint density at radius 2 is 1.88 bits per heavy atom. The van der Waals surface area contributed by atoms with Gasteiger partial charge in [-0.05, 0) is 41.1 Å². The number of hydrogen-bond acceptors (Lipinski definition) is 4. The van der Waals surface area contributed by atoms with Crippen molar-refractivity contribution in [2.45, 2.75) is 37.8 Å². The molecule has 1 aromatic carbocycles. The lowest BCUT2D eigenvalue weighted by molar-refractivity contribution is -0.241. The molecule has 4 nitrogen and oxygen atoms in total. The Kier molecular flexibility index (Phi) is 5.57. The van der Waals surface area contributed by atoms with Gasteiger partial charge in [0.05, 0.1) is 16.1 Å². The van der Waals surface area contributed by atoms with Crippen LogP contribution in [0, 0.1) is 0 Å². The number of hydrogen-bond donors (Lipinski definition) is 0. The van der Waals surface area contributed by atoms with Gasteiger partial charge in [0.2, 0.25) is 0 Å². The highest BCUT2D eigenvalue weighted by atomic mass is 79.9. The first-order valence-electron chi connectivity index (χ1n) is 6.98. The van der Waals surface area contributed by atoms with E-state index in [0.29, 0.717) is 0 Å². The average Bonchev–Trinajstić information content (AvgIpc) is 2.80. The van der Waals surface area contributed by atoms with Crippen molar-refractivity contribution in [2.24, 2.45) is 0 Å². The zero-order chi connectivity index (χ0) is 19.0. The minimum Gasteiger partial charge on any atom is -0.487 e. The van der Waals surface area contributed by atoms with Crippen LogP contribution in [0.1, 0.15) is 18.9 Å². The standard InChI is InChI=1S/C14H12BrF6NO3/c1-7-10(4-5-22(7)25-12(23)14(19,20)21)24-11-6-8(13(16,17)18)2-3-9(11)15/h2-3,6-7,10H,4-5H2,1H3/t7-,10+/m1/s1. The molecule has 0 unspecified atom stereocenters. The van der Waals surface area contributed by atoms with Crippen LogP contribution in [0.4, 0.5) is 26.3 Å². The summed E-state index contributed by atoms with van der Waals surface area (Å²) >= 11 is 3.07. The van der Waals surface area contributed by atoms with E-state index in [1.54, 1.807) is 0 Å². The summed E-state index contributed by atoms with van der Waals surface area (Å²) in [6.45, 7) is 1.41. The van der Waals surface area contributed by atoms with Gasteiger partial charge in [0, 0.05) is 13.0 Å². The number of rotatable bonds is 3. The molecule has 25 heavy (non-hydrogen) atoms. The third kappa shape index (κ3) is 4.78. The lowest BCUT2D eigenvalue weighted by Gasteiger charge is -2.24. The number of carbonyl (C=O) groups excluding carboxylic acids is 1. The van der Waals surface area contributed by atoms with Gasteiger partial charge in [-0.2, -0.15) is 26.3 Å². The smallest absolute Gasteiger partial charge is 0.487 e. The summed E-state index contributed by atoms with van der Waals surface area (Å²) in [7, 11) is 0. The molecule has 0 spiro atoms. The second kappa shape index (κ2) is 7.02. The molecule has 11 heteroatoms. The van der Waals surface area contributed by atoms with E-state index >= 15 is 0 Å². The fourth-order valence-electron chi connectivity index (χ4n) is 2.26. The van der Waals surface area contributed by atoms with Crippen LogP contribution in [0.25, 0.3) is 0 Å². The van der Waals surface area contributed by atoms with Crippen molar-refractivity contribution in [3.63, 3.8) is 0 Å². The highest BCUT2D eigenvalue weighted by Gasteiger charge is 2.45. The molecule has 1 aliphatic rings. The van der Waals surface area contributed by atoms with Crippen LogP contribution in [0.3, 0.4) is 0 Å². The first-order chi connectivity index (χ1) is 11.4. The van der Waals surface area contributed by atoms with Crippen molar-refractivity contribution in [3.8, 4) is 5.75 Å². The molecule has 0 N–H and O–H groups in total. The number of nitrogens with zero attached hydrogens (tertiary/aromatic N) is 1. The fraction of sp³-hybridized carbons (Fsp3) is 0.500. The van der Waals surface area contributed by atoms with Crippen molar-refractivity contribution >= 4 is 21.9 Å². The van der Waals surface area contributed by atoms with Crippen molar-refractivity contribution in [2.75, 3.05) is 6.54 Å². The third-order valence-electron chi connectivity index (χ3n) is 3.59. The van der Waals surface area contributed by atoms with E-state index in [1.807, 2.05) is 0 Å². The van der Waals surface area contributed by atoms with Crippen molar-refractivity contribution in [3.05, 3.63) is 28.2 Å².